The maximum atomic E-state index is 12.6. The lowest BCUT2D eigenvalue weighted by Gasteiger charge is -2.10. The second-order valence-corrected chi connectivity index (χ2v) is 6.25. The molecule has 0 aliphatic carbocycles. The standard InChI is InChI=1S/C17H11BrF3NO2/c18-13-7-11-5-6-22(15(11)14(8-13)16(23)24)9-10-1-3-12(4-2-10)17(19,20)21/h1-8H,9H2,(H,23,24). The van der Waals surface area contributed by atoms with Gasteiger partial charge in [-0.3, -0.25) is 0 Å². The fourth-order valence-electron chi connectivity index (χ4n) is 2.60. The SMILES string of the molecule is O=C(O)c1cc(Br)cc2ccn(Cc3ccc(C(F)(F)F)cc3)c12. The van der Waals surface area contributed by atoms with Crippen molar-refractivity contribution < 1.29 is 23.1 Å². The van der Waals surface area contributed by atoms with Crippen LogP contribution in [0.15, 0.2) is 53.1 Å². The Bertz CT molecular complexity index is 914. The van der Waals surface area contributed by atoms with E-state index in [2.05, 4.69) is 15.9 Å². The number of nitrogens with zero attached hydrogens (tertiary/aromatic N) is 1. The smallest absolute Gasteiger partial charge is 0.416 e. The van der Waals surface area contributed by atoms with E-state index in [9.17, 15) is 23.1 Å². The zero-order valence-electron chi connectivity index (χ0n) is 12.1. The molecule has 0 saturated carbocycles. The summed E-state index contributed by atoms with van der Waals surface area (Å²) in [5, 5.41) is 10.1. The summed E-state index contributed by atoms with van der Waals surface area (Å²) >= 11 is 3.28. The number of aromatic carboxylic acids is 1. The number of alkyl halides is 3. The summed E-state index contributed by atoms with van der Waals surface area (Å²) in [4.78, 5) is 11.5. The van der Waals surface area contributed by atoms with Crippen molar-refractivity contribution in [1.29, 1.82) is 0 Å². The maximum Gasteiger partial charge on any atom is 0.416 e. The van der Waals surface area contributed by atoms with Crippen molar-refractivity contribution in [2.45, 2.75) is 12.7 Å². The molecule has 3 rings (SSSR count). The number of carboxylic acid groups (broad SMARTS) is 1. The molecule has 7 heteroatoms. The third-order valence-electron chi connectivity index (χ3n) is 3.69. The predicted molar refractivity (Wildman–Crippen MR) is 87.1 cm³/mol. The number of hydrogen-bond donors (Lipinski definition) is 1. The van der Waals surface area contributed by atoms with Crippen LogP contribution in [0.5, 0.6) is 0 Å². The minimum atomic E-state index is -4.37. The molecule has 0 atom stereocenters. The minimum Gasteiger partial charge on any atom is -0.478 e. The Kier molecular flexibility index (Phi) is 4.13. The molecule has 0 radical (unpaired) electrons. The molecule has 1 aromatic heterocycles. The number of hydrogen-bond acceptors (Lipinski definition) is 1. The maximum absolute atomic E-state index is 12.6. The number of halogens is 4. The molecule has 3 nitrogen and oxygen atoms in total. The summed E-state index contributed by atoms with van der Waals surface area (Å²) in [5.41, 5.74) is 0.611. The summed E-state index contributed by atoms with van der Waals surface area (Å²) in [5.74, 6) is -1.06. The van der Waals surface area contributed by atoms with Crippen LogP contribution >= 0.6 is 15.9 Å². The molecular weight excluding hydrogens is 387 g/mol. The second-order valence-electron chi connectivity index (χ2n) is 5.33. The first kappa shape index (κ1) is 16.6. The molecule has 1 N–H and O–H groups in total. The number of fused-ring (bicyclic) bond motifs is 1. The van der Waals surface area contributed by atoms with Crippen LogP contribution in [0.3, 0.4) is 0 Å². The zero-order valence-corrected chi connectivity index (χ0v) is 13.7. The van der Waals surface area contributed by atoms with Crippen molar-refractivity contribution in [2.24, 2.45) is 0 Å². The molecule has 3 aromatic rings. The largest absolute Gasteiger partial charge is 0.478 e. The lowest BCUT2D eigenvalue weighted by molar-refractivity contribution is -0.137. The van der Waals surface area contributed by atoms with Crippen LogP contribution in [0.2, 0.25) is 0 Å². The third-order valence-corrected chi connectivity index (χ3v) is 4.15. The van der Waals surface area contributed by atoms with E-state index in [1.165, 1.54) is 18.2 Å². The molecule has 0 bridgehead atoms. The topological polar surface area (TPSA) is 42.2 Å². The highest BCUT2D eigenvalue weighted by molar-refractivity contribution is 9.10. The van der Waals surface area contributed by atoms with E-state index < -0.39 is 17.7 Å². The van der Waals surface area contributed by atoms with E-state index in [0.29, 0.717) is 15.6 Å². The highest BCUT2D eigenvalue weighted by Gasteiger charge is 2.29. The van der Waals surface area contributed by atoms with Gasteiger partial charge in [0.25, 0.3) is 0 Å². The van der Waals surface area contributed by atoms with Crippen LogP contribution in [0, 0.1) is 0 Å². The molecule has 2 aromatic carbocycles. The summed E-state index contributed by atoms with van der Waals surface area (Å²) in [7, 11) is 0. The predicted octanol–water partition coefficient (Wildman–Crippen LogP) is 5.17. The van der Waals surface area contributed by atoms with Crippen LogP contribution in [-0.4, -0.2) is 15.6 Å². The van der Waals surface area contributed by atoms with Gasteiger partial charge in [-0.25, -0.2) is 4.79 Å². The van der Waals surface area contributed by atoms with Gasteiger partial charge in [0, 0.05) is 22.6 Å². The van der Waals surface area contributed by atoms with Crippen LogP contribution in [0.1, 0.15) is 21.5 Å². The zero-order chi connectivity index (χ0) is 17.5. The average Bonchev–Trinajstić information content (AvgIpc) is 2.88. The molecule has 0 spiro atoms. The molecular formula is C17H11BrF3NO2. The van der Waals surface area contributed by atoms with Gasteiger partial charge in [0.05, 0.1) is 16.6 Å². The number of aromatic nitrogens is 1. The molecule has 124 valence electrons. The van der Waals surface area contributed by atoms with Crippen LogP contribution < -0.4 is 0 Å². The summed E-state index contributed by atoms with van der Waals surface area (Å²) in [6, 6.07) is 9.92. The Balaban J connectivity index is 2.00. The molecule has 0 fully saturated rings. The number of rotatable bonds is 3. The Hall–Kier alpha value is -2.28. The first-order valence-corrected chi connectivity index (χ1v) is 7.73. The van der Waals surface area contributed by atoms with Crippen LogP contribution in [0.4, 0.5) is 13.2 Å². The number of benzene rings is 2. The van der Waals surface area contributed by atoms with Gasteiger partial charge in [0.2, 0.25) is 0 Å². The Labute approximate surface area is 143 Å². The van der Waals surface area contributed by atoms with Crippen molar-refractivity contribution in [3.05, 3.63) is 69.8 Å². The normalized spacial score (nSPS) is 11.8. The Morgan fingerprint density at radius 2 is 1.79 bits per heavy atom. The van der Waals surface area contributed by atoms with E-state index in [1.807, 2.05) is 0 Å². The van der Waals surface area contributed by atoms with Crippen molar-refractivity contribution in [1.82, 2.24) is 4.57 Å². The van der Waals surface area contributed by atoms with Crippen LogP contribution in [-0.2, 0) is 12.7 Å². The van der Waals surface area contributed by atoms with E-state index in [0.717, 1.165) is 17.5 Å². The highest BCUT2D eigenvalue weighted by atomic mass is 79.9. The van der Waals surface area contributed by atoms with Gasteiger partial charge < -0.3 is 9.67 Å². The molecule has 0 amide bonds. The Morgan fingerprint density at radius 1 is 1.12 bits per heavy atom. The van der Waals surface area contributed by atoms with Gasteiger partial charge in [0.15, 0.2) is 0 Å². The lowest BCUT2D eigenvalue weighted by Crippen LogP contribution is -2.06. The molecule has 0 aliphatic rings. The first-order chi connectivity index (χ1) is 11.3. The summed E-state index contributed by atoms with van der Waals surface area (Å²) < 4.78 is 40.2. The van der Waals surface area contributed by atoms with E-state index in [1.54, 1.807) is 22.9 Å². The Morgan fingerprint density at radius 3 is 2.38 bits per heavy atom. The molecule has 0 aliphatic heterocycles. The minimum absolute atomic E-state index is 0.135. The monoisotopic (exact) mass is 397 g/mol. The van der Waals surface area contributed by atoms with Gasteiger partial charge in [-0.15, -0.1) is 0 Å². The van der Waals surface area contributed by atoms with Crippen molar-refractivity contribution in [2.75, 3.05) is 0 Å². The van der Waals surface area contributed by atoms with E-state index >= 15 is 0 Å². The lowest BCUT2D eigenvalue weighted by atomic mass is 10.1. The number of carboxylic acids is 1. The van der Waals surface area contributed by atoms with Crippen LogP contribution in [0.25, 0.3) is 10.9 Å². The third kappa shape index (κ3) is 3.17. The molecule has 0 saturated heterocycles. The van der Waals surface area contributed by atoms with Gasteiger partial charge in [-0.2, -0.15) is 13.2 Å². The van der Waals surface area contributed by atoms with E-state index in [-0.39, 0.29) is 12.1 Å². The quantitative estimate of drug-likeness (QED) is 0.662. The molecule has 24 heavy (non-hydrogen) atoms. The van der Waals surface area contributed by atoms with Gasteiger partial charge in [0.1, 0.15) is 0 Å². The highest BCUT2D eigenvalue weighted by Crippen LogP contribution is 2.30. The fraction of sp³-hybridized carbons (Fsp3) is 0.118. The number of carbonyl (C=O) groups is 1. The summed E-state index contributed by atoms with van der Waals surface area (Å²) in [6.45, 7) is 0.281. The second kappa shape index (κ2) is 5.98. The van der Waals surface area contributed by atoms with Crippen molar-refractivity contribution in [3.63, 3.8) is 0 Å². The van der Waals surface area contributed by atoms with Gasteiger partial charge in [-0.1, -0.05) is 28.1 Å². The average molecular weight is 398 g/mol. The van der Waals surface area contributed by atoms with Crippen molar-refractivity contribution >= 4 is 32.8 Å². The fourth-order valence-corrected chi connectivity index (χ4v) is 3.08. The molecule has 1 heterocycles. The summed E-state index contributed by atoms with van der Waals surface area (Å²) in [6.07, 6.45) is -2.65. The first-order valence-electron chi connectivity index (χ1n) is 6.93. The van der Waals surface area contributed by atoms with Crippen molar-refractivity contribution in [3.8, 4) is 0 Å². The molecule has 0 unspecified atom stereocenters. The van der Waals surface area contributed by atoms with Gasteiger partial charge in [-0.05, 0) is 35.9 Å². The van der Waals surface area contributed by atoms with Gasteiger partial charge >= 0.3 is 12.1 Å². The van der Waals surface area contributed by atoms with E-state index in [4.69, 9.17) is 0 Å².